The number of rotatable bonds is 32. The predicted octanol–water partition coefficient (Wildman–Crippen LogP) is 11.0. The molecule has 0 fully saturated rings. The number of hydrogen-bond acceptors (Lipinski definition) is 3. The van der Waals surface area contributed by atoms with Gasteiger partial charge in [0.2, 0.25) is 5.91 Å². The first-order chi connectivity index (χ1) is 21.7. The summed E-state index contributed by atoms with van der Waals surface area (Å²) in [6.45, 7) is 4.16. The third kappa shape index (κ3) is 31.5. The second-order valence-corrected chi connectivity index (χ2v) is 12.3. The van der Waals surface area contributed by atoms with Crippen LogP contribution in [0.3, 0.4) is 0 Å². The predicted molar refractivity (Wildman–Crippen MR) is 193 cm³/mol. The zero-order chi connectivity index (χ0) is 32.2. The normalized spacial score (nSPS) is 13.8. The van der Waals surface area contributed by atoms with E-state index >= 15 is 0 Å². The van der Waals surface area contributed by atoms with Crippen LogP contribution in [0.1, 0.15) is 168 Å². The number of carbonyl (C=O) groups is 1. The maximum atomic E-state index is 12.3. The van der Waals surface area contributed by atoms with E-state index in [1.165, 1.54) is 89.9 Å². The van der Waals surface area contributed by atoms with Crippen LogP contribution in [0.4, 0.5) is 0 Å². The summed E-state index contributed by atoms with van der Waals surface area (Å²) in [4.78, 5) is 12.3. The largest absolute Gasteiger partial charge is 0.394 e. The first-order valence-corrected chi connectivity index (χ1v) is 18.5. The lowest BCUT2D eigenvalue weighted by atomic mass is 10.1. The molecule has 1 amide bonds. The summed E-state index contributed by atoms with van der Waals surface area (Å²) < 4.78 is 0. The van der Waals surface area contributed by atoms with Crippen LogP contribution in [-0.4, -0.2) is 34.9 Å². The number of allylic oxidation sites excluding steroid dienone is 9. The van der Waals surface area contributed by atoms with Crippen LogP contribution in [-0.2, 0) is 4.79 Å². The van der Waals surface area contributed by atoms with Crippen molar-refractivity contribution in [3.8, 4) is 0 Å². The van der Waals surface area contributed by atoms with Crippen LogP contribution in [0.15, 0.2) is 60.8 Å². The zero-order valence-electron chi connectivity index (χ0n) is 28.9. The molecule has 2 unspecified atom stereocenters. The smallest absolute Gasteiger partial charge is 0.220 e. The molecule has 0 aromatic rings. The molecule has 2 atom stereocenters. The van der Waals surface area contributed by atoms with Crippen molar-refractivity contribution in [3.05, 3.63) is 60.8 Å². The topological polar surface area (TPSA) is 69.6 Å². The Morgan fingerprint density at radius 2 is 1.00 bits per heavy atom. The molecule has 4 nitrogen and oxygen atoms in total. The molecule has 0 aliphatic rings. The van der Waals surface area contributed by atoms with E-state index in [4.69, 9.17) is 0 Å². The highest BCUT2D eigenvalue weighted by molar-refractivity contribution is 5.76. The number of carbonyl (C=O) groups excluding carboxylic acids is 1. The Kier molecular flexibility index (Phi) is 34.0. The van der Waals surface area contributed by atoms with Gasteiger partial charge in [0.15, 0.2) is 0 Å². The van der Waals surface area contributed by atoms with Gasteiger partial charge in [0.1, 0.15) is 0 Å². The summed E-state index contributed by atoms with van der Waals surface area (Å²) in [6.07, 6.45) is 48.7. The number of aliphatic hydroxyl groups excluding tert-OH is 2. The second-order valence-electron chi connectivity index (χ2n) is 12.3. The quantitative estimate of drug-likeness (QED) is 0.0522. The molecule has 0 bridgehead atoms. The minimum absolute atomic E-state index is 0.0775. The Bertz CT molecular complexity index is 752. The van der Waals surface area contributed by atoms with Crippen molar-refractivity contribution in [1.82, 2.24) is 5.32 Å². The molecule has 0 spiro atoms. The third-order valence-corrected chi connectivity index (χ3v) is 8.01. The fourth-order valence-corrected chi connectivity index (χ4v) is 5.17. The fourth-order valence-electron chi connectivity index (χ4n) is 5.17. The third-order valence-electron chi connectivity index (χ3n) is 8.01. The fraction of sp³-hybridized carbons (Fsp3) is 0.725. The van der Waals surface area contributed by atoms with E-state index in [0.29, 0.717) is 6.42 Å². The Hall–Kier alpha value is -1.91. The van der Waals surface area contributed by atoms with E-state index in [1.54, 1.807) is 6.08 Å². The molecular formula is C40H71NO3. The van der Waals surface area contributed by atoms with Gasteiger partial charge in [0.25, 0.3) is 0 Å². The van der Waals surface area contributed by atoms with E-state index < -0.39 is 12.1 Å². The molecule has 0 radical (unpaired) electrons. The van der Waals surface area contributed by atoms with Crippen molar-refractivity contribution in [2.24, 2.45) is 0 Å². The Morgan fingerprint density at radius 1 is 0.568 bits per heavy atom. The van der Waals surface area contributed by atoms with Gasteiger partial charge < -0.3 is 15.5 Å². The van der Waals surface area contributed by atoms with Crippen molar-refractivity contribution >= 4 is 5.91 Å². The molecular weight excluding hydrogens is 542 g/mol. The summed E-state index contributed by atoms with van der Waals surface area (Å²) in [5, 5.41) is 22.8. The van der Waals surface area contributed by atoms with Gasteiger partial charge in [-0.05, 0) is 57.8 Å². The monoisotopic (exact) mass is 614 g/mol. The molecule has 4 heteroatoms. The van der Waals surface area contributed by atoms with Gasteiger partial charge in [-0.3, -0.25) is 4.79 Å². The summed E-state index contributed by atoms with van der Waals surface area (Å²) in [6, 6.07) is -0.626. The highest BCUT2D eigenvalue weighted by Crippen LogP contribution is 2.12. The van der Waals surface area contributed by atoms with Crippen LogP contribution in [0.2, 0.25) is 0 Å². The van der Waals surface area contributed by atoms with Crippen molar-refractivity contribution in [2.45, 2.75) is 180 Å². The van der Waals surface area contributed by atoms with Crippen LogP contribution in [0.25, 0.3) is 0 Å². The van der Waals surface area contributed by atoms with Crippen molar-refractivity contribution < 1.29 is 15.0 Å². The van der Waals surface area contributed by atoms with Crippen LogP contribution in [0, 0.1) is 0 Å². The van der Waals surface area contributed by atoms with Gasteiger partial charge in [-0.1, -0.05) is 164 Å². The van der Waals surface area contributed by atoms with Crippen molar-refractivity contribution in [1.29, 1.82) is 0 Å². The lowest BCUT2D eigenvalue weighted by Gasteiger charge is -2.20. The molecule has 0 aliphatic carbocycles. The minimum atomic E-state index is -0.842. The molecule has 0 saturated carbocycles. The summed E-state index contributed by atoms with van der Waals surface area (Å²) >= 11 is 0. The van der Waals surface area contributed by atoms with Gasteiger partial charge in [-0.2, -0.15) is 0 Å². The Balaban J connectivity index is 3.64. The second kappa shape index (κ2) is 35.6. The Labute approximate surface area is 273 Å². The Morgan fingerprint density at radius 3 is 1.50 bits per heavy atom. The maximum Gasteiger partial charge on any atom is 0.220 e. The van der Waals surface area contributed by atoms with Gasteiger partial charge >= 0.3 is 0 Å². The number of hydrogen-bond donors (Lipinski definition) is 3. The first-order valence-electron chi connectivity index (χ1n) is 18.5. The summed E-state index contributed by atoms with van der Waals surface area (Å²) in [5.74, 6) is -0.0775. The molecule has 0 aromatic heterocycles. The molecule has 0 heterocycles. The van der Waals surface area contributed by atoms with Gasteiger partial charge in [0, 0.05) is 6.42 Å². The highest BCUT2D eigenvalue weighted by Gasteiger charge is 2.17. The number of aliphatic hydroxyl groups is 2. The van der Waals surface area contributed by atoms with Crippen LogP contribution in [0.5, 0.6) is 0 Å². The standard InChI is InChI=1S/C40H71NO3/c1-3-5-7-9-11-13-15-16-17-18-19-20-21-22-23-24-26-28-30-32-34-36-40(44)41-38(37-42)39(43)35-33-31-29-27-25-14-12-10-8-6-4-2/h5,7,11,13,16-17,19-20,33,35,38-39,42-43H,3-4,6,8-10,12,14-15,18,21-32,34,36-37H2,1-2H3,(H,41,44)/b7-5-,13-11-,17-16-,20-19-,35-33+. The van der Waals surface area contributed by atoms with E-state index in [2.05, 4.69) is 67.8 Å². The highest BCUT2D eigenvalue weighted by atomic mass is 16.3. The van der Waals surface area contributed by atoms with Crippen LogP contribution >= 0.6 is 0 Å². The number of nitrogens with one attached hydrogen (secondary N) is 1. The van der Waals surface area contributed by atoms with E-state index in [0.717, 1.165) is 57.8 Å². The minimum Gasteiger partial charge on any atom is -0.394 e. The lowest BCUT2D eigenvalue weighted by Crippen LogP contribution is -2.45. The average Bonchev–Trinajstić information content (AvgIpc) is 3.03. The molecule has 0 saturated heterocycles. The van der Waals surface area contributed by atoms with Gasteiger partial charge in [-0.25, -0.2) is 0 Å². The van der Waals surface area contributed by atoms with Crippen molar-refractivity contribution in [2.75, 3.05) is 6.61 Å². The molecule has 3 N–H and O–H groups in total. The van der Waals surface area contributed by atoms with Crippen molar-refractivity contribution in [3.63, 3.8) is 0 Å². The molecule has 0 rings (SSSR count). The van der Waals surface area contributed by atoms with Crippen LogP contribution < -0.4 is 5.32 Å². The van der Waals surface area contributed by atoms with E-state index in [-0.39, 0.29) is 12.5 Å². The maximum absolute atomic E-state index is 12.3. The lowest BCUT2D eigenvalue weighted by molar-refractivity contribution is -0.123. The molecule has 44 heavy (non-hydrogen) atoms. The van der Waals surface area contributed by atoms with E-state index in [9.17, 15) is 15.0 Å². The average molecular weight is 614 g/mol. The first kappa shape index (κ1) is 42.1. The number of amides is 1. The summed E-state index contributed by atoms with van der Waals surface area (Å²) in [5.41, 5.74) is 0. The molecule has 0 aliphatic heterocycles. The number of unbranched alkanes of at least 4 members (excludes halogenated alkanes) is 17. The van der Waals surface area contributed by atoms with Gasteiger partial charge in [0.05, 0.1) is 18.8 Å². The molecule has 254 valence electrons. The van der Waals surface area contributed by atoms with E-state index in [1.807, 2.05) is 6.08 Å². The van der Waals surface area contributed by atoms with Gasteiger partial charge in [-0.15, -0.1) is 0 Å². The zero-order valence-corrected chi connectivity index (χ0v) is 28.9. The molecule has 0 aromatic carbocycles. The summed E-state index contributed by atoms with van der Waals surface area (Å²) in [7, 11) is 0. The SMILES string of the molecule is CC/C=C\C/C=C\C/C=C\C/C=C\CCCCCCCCCCC(=O)NC(CO)C(O)/C=C/CCCCCCCCCCC.